The van der Waals surface area contributed by atoms with Crippen LogP contribution in [0.5, 0.6) is 0 Å². The van der Waals surface area contributed by atoms with E-state index in [-0.39, 0.29) is 172 Å². The third kappa shape index (κ3) is 117. The van der Waals surface area contributed by atoms with Crippen LogP contribution < -0.4 is 80.9 Å². The van der Waals surface area contributed by atoms with Crippen molar-refractivity contribution in [3.05, 3.63) is 0 Å². The van der Waals surface area contributed by atoms with Crippen LogP contribution in [0.4, 0.5) is 0 Å². The standard InChI is InChI=1S/Al.Ca.K.Na.H4O4Si.2H2O.Zn.7H/c;;;;1-5(2,3)4;;;;;;;;;;/h;;;;1-4H;2*1H2;;;;;;;;/q;+2;2*+1;;;;;;;;4*-1. The third-order valence-corrected chi connectivity index (χ3v) is 0. The first-order chi connectivity index (χ1) is 2.00. The van der Waals surface area contributed by atoms with Gasteiger partial charge in [-0.05, 0) is 0 Å². The van der Waals surface area contributed by atoms with Gasteiger partial charge in [0.2, 0.25) is 0 Å². The monoisotopic (exact) mass is 332 g/mol. The molecule has 0 rings (SSSR count). The van der Waals surface area contributed by atoms with E-state index in [4.69, 9.17) is 19.2 Å². The molecule has 0 atom stereocenters. The predicted molar refractivity (Wildman–Crippen MR) is 42.0 cm³/mol. The Kier molecular flexibility index (Phi) is 133. The maximum Gasteiger partial charge on any atom is 2.00 e. The molecule has 6 nitrogen and oxygen atoms in total. The van der Waals surface area contributed by atoms with Crippen molar-refractivity contribution in [1.29, 1.82) is 0 Å². The zero-order valence-electron chi connectivity index (χ0n) is 10.7. The molecule has 8 N–H and O–H groups in total. The van der Waals surface area contributed by atoms with Gasteiger partial charge in [-0.25, -0.2) is 0 Å². The van der Waals surface area contributed by atoms with Crippen molar-refractivity contribution in [2.24, 2.45) is 0 Å². The minimum Gasteiger partial charge on any atom is -1.00 e. The van der Waals surface area contributed by atoms with Crippen LogP contribution in [0.2, 0.25) is 0 Å². The van der Waals surface area contributed by atoms with E-state index in [2.05, 4.69) is 0 Å². The van der Waals surface area contributed by atoms with Crippen LogP contribution in [0.3, 0.4) is 0 Å². The Bertz CT molecular complexity index is 56.0. The van der Waals surface area contributed by atoms with Gasteiger partial charge in [-0.2, -0.15) is 0 Å². The number of rotatable bonds is 0. The van der Waals surface area contributed by atoms with Gasteiger partial charge in [-0.3, -0.25) is 0 Å². The molecule has 12 heavy (non-hydrogen) atoms. The molecule has 0 amide bonds. The van der Waals surface area contributed by atoms with Gasteiger partial charge in [0.1, 0.15) is 0 Å². The molecule has 0 saturated heterocycles. The van der Waals surface area contributed by atoms with E-state index in [1.165, 1.54) is 0 Å². The summed E-state index contributed by atoms with van der Waals surface area (Å²) in [5, 5.41) is 0. The second-order valence-corrected chi connectivity index (χ2v) is 1.80. The first-order valence-electron chi connectivity index (χ1n) is 0.894. The van der Waals surface area contributed by atoms with Gasteiger partial charge in [0.15, 0.2) is 17.4 Å². The van der Waals surface area contributed by atoms with Crippen molar-refractivity contribution in [3.63, 3.8) is 0 Å². The maximum absolute atomic E-state index is 7.33. The van der Waals surface area contributed by atoms with Crippen molar-refractivity contribution in [2.75, 3.05) is 0 Å². The molecule has 0 aromatic rings. The first kappa shape index (κ1) is 53.7. The second-order valence-electron chi connectivity index (χ2n) is 0.600. The van der Waals surface area contributed by atoms with E-state index in [1.54, 1.807) is 0 Å². The summed E-state index contributed by atoms with van der Waals surface area (Å²) < 4.78 is 0. The molecule has 0 fully saturated rings. The summed E-state index contributed by atoms with van der Waals surface area (Å²) in [6.07, 6.45) is 0. The largest absolute Gasteiger partial charge is 2.00 e. The Morgan fingerprint density at radius 2 is 0.917 bits per heavy atom. The van der Waals surface area contributed by atoms with Crippen molar-refractivity contribution in [1.82, 2.24) is 0 Å². The van der Waals surface area contributed by atoms with Crippen LogP contribution in [0.1, 0.15) is 5.71 Å². The van der Waals surface area contributed by atoms with Gasteiger partial charge in [0, 0.05) is 19.5 Å². The molecule has 64 valence electrons. The first-order valence-corrected chi connectivity index (χ1v) is 2.68. The summed E-state index contributed by atoms with van der Waals surface area (Å²) in [6, 6.07) is 0. The minimum atomic E-state index is -4.61. The fourth-order valence-electron chi connectivity index (χ4n) is 0. The maximum atomic E-state index is 7.33. The fraction of sp³-hybridized carbons (Fsp3) is 0. The number of hydrogen-bond donors (Lipinski definition) is 4. The van der Waals surface area contributed by atoms with E-state index in [9.17, 15) is 0 Å². The predicted octanol–water partition coefficient (Wildman–Crippen LogP) is -11.4. The van der Waals surface area contributed by atoms with Crippen LogP contribution in [0, 0.1) is 0 Å². The second kappa shape index (κ2) is 29.8. The molecule has 0 unspecified atom stereocenters. The zero-order valence-corrected chi connectivity index (χ0v) is 18.0. The molecular weight excluding hydrogens is 319 g/mol. The van der Waals surface area contributed by atoms with Crippen molar-refractivity contribution < 1.29 is 136 Å². The van der Waals surface area contributed by atoms with E-state index < -0.39 is 9.05 Å². The summed E-state index contributed by atoms with van der Waals surface area (Å²) >= 11 is 0. The smallest absolute Gasteiger partial charge is 1.00 e. The summed E-state index contributed by atoms with van der Waals surface area (Å²) in [7, 11) is -4.61. The Morgan fingerprint density at radius 3 is 0.917 bits per heavy atom. The van der Waals surface area contributed by atoms with Crippen molar-refractivity contribution >= 4 is 64.1 Å². The fourth-order valence-corrected chi connectivity index (χ4v) is 0. The molecule has 0 aliphatic rings. The molecule has 0 aromatic heterocycles. The molecule has 0 aliphatic carbocycles. The van der Waals surface area contributed by atoms with Crippen molar-refractivity contribution in [2.45, 2.75) is 0 Å². The molecule has 0 bridgehead atoms. The van der Waals surface area contributed by atoms with Crippen LogP contribution >= 0.6 is 0 Å². The Hall–Kier alpha value is 5.03. The van der Waals surface area contributed by atoms with E-state index in [0.717, 1.165) is 0 Å². The molecule has 0 saturated carbocycles. The minimum absolute atomic E-state index is 0. The molecule has 0 spiro atoms. The molecule has 0 radical (unpaired) electrons. The molecule has 12 heteroatoms. The van der Waals surface area contributed by atoms with Crippen LogP contribution in [-0.4, -0.2) is 94.3 Å². The van der Waals surface area contributed by atoms with E-state index in [0.29, 0.717) is 0 Å². The Balaban J connectivity index is -0.00000000145. The Morgan fingerprint density at radius 1 is 0.917 bits per heavy atom. The SMILES string of the molecule is O.O.O[Si](O)(O)O.[AlH3].[Ca+2].[H-].[H-].[H-].[H-].[K+].[Na+].[Zn]. The van der Waals surface area contributed by atoms with Crippen LogP contribution in [-0.2, 0) is 19.5 Å². The average molecular weight is 334 g/mol. The molecule has 0 aliphatic heterocycles. The third-order valence-electron chi connectivity index (χ3n) is 0. The molecule has 0 aromatic carbocycles. The van der Waals surface area contributed by atoms with E-state index in [1.807, 2.05) is 0 Å². The topological polar surface area (TPSA) is 144 Å². The van der Waals surface area contributed by atoms with E-state index >= 15 is 0 Å². The van der Waals surface area contributed by atoms with Crippen LogP contribution in [0.15, 0.2) is 0 Å². The molecule has 0 heterocycles. The summed E-state index contributed by atoms with van der Waals surface area (Å²) in [4.78, 5) is 29.3. The van der Waals surface area contributed by atoms with Crippen molar-refractivity contribution in [3.8, 4) is 0 Å². The summed E-state index contributed by atoms with van der Waals surface area (Å²) in [5.74, 6) is 0. The van der Waals surface area contributed by atoms with Gasteiger partial charge in [-0.1, -0.05) is 0 Å². The normalized spacial score (nSPS) is 5.00. The van der Waals surface area contributed by atoms with Gasteiger partial charge in [0.05, 0.1) is 0 Å². The number of hydrogen-bond acceptors (Lipinski definition) is 4. The Labute approximate surface area is 196 Å². The van der Waals surface area contributed by atoms with Crippen LogP contribution in [0.25, 0.3) is 0 Å². The average Bonchev–Trinajstić information content (AvgIpc) is 0.722. The van der Waals surface area contributed by atoms with Gasteiger partial charge >= 0.3 is 128 Å². The quantitative estimate of drug-likeness (QED) is 0.326. The zero-order chi connectivity index (χ0) is 4.50. The summed E-state index contributed by atoms with van der Waals surface area (Å²) in [6.45, 7) is 0. The van der Waals surface area contributed by atoms with Gasteiger partial charge in [0.25, 0.3) is 0 Å². The summed E-state index contributed by atoms with van der Waals surface area (Å²) in [5.41, 5.74) is 0. The molecular formula is H15AlCaKNaO6SiZn. The van der Waals surface area contributed by atoms with Gasteiger partial charge in [-0.15, -0.1) is 0 Å². The van der Waals surface area contributed by atoms with Gasteiger partial charge < -0.3 is 35.8 Å².